The Morgan fingerprint density at radius 3 is 3.06 bits per heavy atom. The third-order valence-corrected chi connectivity index (χ3v) is 4.50. The van der Waals surface area contributed by atoms with E-state index in [-0.39, 0.29) is 6.04 Å². The van der Waals surface area contributed by atoms with Crippen LogP contribution in [0.5, 0.6) is 0 Å². The van der Waals surface area contributed by atoms with Crippen molar-refractivity contribution in [2.75, 3.05) is 11.5 Å². The topological polar surface area (TPSA) is 29.1 Å². The summed E-state index contributed by atoms with van der Waals surface area (Å²) in [4.78, 5) is 0. The average molecular weight is 258 g/mol. The minimum Gasteiger partial charge on any atom is -0.307 e. The van der Waals surface area contributed by atoms with Crippen molar-refractivity contribution in [3.8, 4) is 0 Å². The zero-order valence-electron chi connectivity index (χ0n) is 9.28. The van der Waals surface area contributed by atoms with Gasteiger partial charge in [-0.15, -0.1) is 0 Å². The van der Waals surface area contributed by atoms with Crippen molar-refractivity contribution in [3.63, 3.8) is 0 Å². The lowest BCUT2D eigenvalue weighted by Gasteiger charge is -2.19. The van der Waals surface area contributed by atoms with Gasteiger partial charge in [0.1, 0.15) is 0 Å². The molecule has 1 aromatic carbocycles. The molecule has 1 heterocycles. The van der Waals surface area contributed by atoms with E-state index in [1.165, 1.54) is 0 Å². The van der Waals surface area contributed by atoms with Gasteiger partial charge in [0.2, 0.25) is 0 Å². The summed E-state index contributed by atoms with van der Waals surface area (Å²) in [6.45, 7) is 2.14. The van der Waals surface area contributed by atoms with Crippen LogP contribution < -0.4 is 5.32 Å². The first-order chi connectivity index (χ1) is 7.65. The Kier molecular flexibility index (Phi) is 4.00. The highest BCUT2D eigenvalue weighted by atomic mass is 35.5. The number of nitrogens with one attached hydrogen (secondary N) is 1. The van der Waals surface area contributed by atoms with Crippen molar-refractivity contribution in [3.05, 3.63) is 34.9 Å². The number of hydrogen-bond donors (Lipinski definition) is 1. The summed E-state index contributed by atoms with van der Waals surface area (Å²) in [7, 11) is -0.721. The summed E-state index contributed by atoms with van der Waals surface area (Å²) in [6, 6.07) is 8.38. The van der Waals surface area contributed by atoms with E-state index in [2.05, 4.69) is 12.2 Å². The van der Waals surface area contributed by atoms with Crippen LogP contribution in [-0.4, -0.2) is 21.8 Å². The molecule has 1 aromatic rings. The van der Waals surface area contributed by atoms with Gasteiger partial charge < -0.3 is 5.32 Å². The number of rotatable bonds is 1. The monoisotopic (exact) mass is 257 g/mol. The fourth-order valence-corrected chi connectivity index (χ4v) is 3.61. The maximum atomic E-state index is 11.7. The van der Waals surface area contributed by atoms with E-state index >= 15 is 0 Å². The van der Waals surface area contributed by atoms with E-state index < -0.39 is 10.8 Å². The first-order valence-electron chi connectivity index (χ1n) is 5.51. The molecule has 1 N–H and O–H groups in total. The van der Waals surface area contributed by atoms with Gasteiger partial charge in [-0.25, -0.2) is 0 Å². The Hall–Kier alpha value is -0.380. The third-order valence-electron chi connectivity index (χ3n) is 2.87. The lowest BCUT2D eigenvalue weighted by Crippen LogP contribution is -2.30. The van der Waals surface area contributed by atoms with Crippen LogP contribution >= 0.6 is 11.6 Å². The quantitative estimate of drug-likeness (QED) is 0.838. The van der Waals surface area contributed by atoms with Gasteiger partial charge in [0.15, 0.2) is 0 Å². The van der Waals surface area contributed by atoms with Crippen molar-refractivity contribution in [2.24, 2.45) is 0 Å². The smallest absolute Gasteiger partial charge is 0.0439 e. The van der Waals surface area contributed by atoms with Gasteiger partial charge in [-0.3, -0.25) is 4.21 Å². The van der Waals surface area contributed by atoms with Crippen LogP contribution in [0.15, 0.2) is 24.3 Å². The Morgan fingerprint density at radius 2 is 2.31 bits per heavy atom. The Bertz CT molecular complexity index is 396. The molecule has 1 saturated heterocycles. The van der Waals surface area contributed by atoms with Crippen molar-refractivity contribution in [1.82, 2.24) is 5.32 Å². The fraction of sp³-hybridized carbons (Fsp3) is 0.500. The molecule has 0 aromatic heterocycles. The van der Waals surface area contributed by atoms with E-state index in [9.17, 15) is 4.21 Å². The molecule has 2 nitrogen and oxygen atoms in total. The van der Waals surface area contributed by atoms with Crippen LogP contribution in [0.4, 0.5) is 0 Å². The minimum atomic E-state index is -0.721. The second-order valence-corrected chi connectivity index (χ2v) is 6.33. The summed E-state index contributed by atoms with van der Waals surface area (Å²) in [5.74, 6) is 1.48. The molecule has 0 radical (unpaired) electrons. The van der Waals surface area contributed by atoms with Gasteiger partial charge in [0.25, 0.3) is 0 Å². The molecule has 4 heteroatoms. The fourth-order valence-electron chi connectivity index (χ4n) is 1.97. The van der Waals surface area contributed by atoms with Gasteiger partial charge in [-0.05, 0) is 31.0 Å². The van der Waals surface area contributed by atoms with Gasteiger partial charge >= 0.3 is 0 Å². The first-order valence-corrected chi connectivity index (χ1v) is 7.38. The molecule has 3 atom stereocenters. The van der Waals surface area contributed by atoms with Crippen LogP contribution in [0.3, 0.4) is 0 Å². The van der Waals surface area contributed by atoms with Gasteiger partial charge in [-0.1, -0.05) is 23.7 Å². The number of benzene rings is 1. The van der Waals surface area contributed by atoms with E-state index in [0.717, 1.165) is 22.8 Å². The molecule has 0 aliphatic carbocycles. The van der Waals surface area contributed by atoms with E-state index in [4.69, 9.17) is 11.6 Å². The molecular weight excluding hydrogens is 242 g/mol. The van der Waals surface area contributed by atoms with Crippen molar-refractivity contribution < 1.29 is 4.21 Å². The van der Waals surface area contributed by atoms with Crippen LogP contribution in [0.2, 0.25) is 5.02 Å². The summed E-state index contributed by atoms with van der Waals surface area (Å²) < 4.78 is 11.7. The van der Waals surface area contributed by atoms with Gasteiger partial charge in [0.05, 0.1) is 0 Å². The van der Waals surface area contributed by atoms with E-state index in [0.29, 0.717) is 11.8 Å². The molecule has 2 rings (SSSR count). The summed E-state index contributed by atoms with van der Waals surface area (Å²) >= 11 is 5.97. The van der Waals surface area contributed by atoms with Crippen molar-refractivity contribution >= 4 is 22.4 Å². The van der Waals surface area contributed by atoms with Crippen molar-refractivity contribution in [2.45, 2.75) is 25.4 Å². The Morgan fingerprint density at radius 1 is 1.50 bits per heavy atom. The summed E-state index contributed by atoms with van der Waals surface area (Å²) in [5.41, 5.74) is 1.13. The van der Waals surface area contributed by atoms with Gasteiger partial charge in [-0.2, -0.15) is 0 Å². The molecule has 0 bridgehead atoms. The van der Waals surface area contributed by atoms with Crippen LogP contribution in [0.1, 0.15) is 24.9 Å². The second-order valence-electron chi connectivity index (χ2n) is 4.27. The molecule has 1 aliphatic heterocycles. The van der Waals surface area contributed by atoms with E-state index in [1.54, 1.807) is 0 Å². The highest BCUT2D eigenvalue weighted by Crippen LogP contribution is 2.21. The Balaban J connectivity index is 2.21. The summed E-state index contributed by atoms with van der Waals surface area (Å²) in [6.07, 6.45) is 0.976. The molecule has 0 saturated carbocycles. The lowest BCUT2D eigenvalue weighted by atomic mass is 10.1. The predicted molar refractivity (Wildman–Crippen MR) is 69.3 cm³/mol. The molecule has 0 amide bonds. The molecular formula is C12H16ClNOS. The molecule has 1 fully saturated rings. The third kappa shape index (κ3) is 3.06. The normalized spacial score (nSPS) is 31.0. The predicted octanol–water partition coefficient (Wildman–Crippen LogP) is 2.51. The number of halogens is 1. The maximum absolute atomic E-state index is 11.7. The number of hydrogen-bond acceptors (Lipinski definition) is 2. The average Bonchev–Trinajstić information content (AvgIpc) is 2.41. The lowest BCUT2D eigenvalue weighted by molar-refractivity contribution is 0.484. The Labute approximate surface area is 104 Å². The summed E-state index contributed by atoms with van der Waals surface area (Å²) in [5, 5.41) is 4.24. The standard InChI is InChI=1S/C12H16ClNOS/c1-9-5-6-16(15)8-12(14-9)10-3-2-4-11(13)7-10/h2-4,7,9,12,14H,5-6,8H2,1H3. The zero-order chi connectivity index (χ0) is 11.5. The SMILES string of the molecule is CC1CCS(=O)CC(c2cccc(Cl)c2)N1. The first kappa shape index (κ1) is 12.1. The molecule has 1 aliphatic rings. The minimum absolute atomic E-state index is 0.164. The highest BCUT2D eigenvalue weighted by molar-refractivity contribution is 7.85. The molecule has 16 heavy (non-hydrogen) atoms. The van der Waals surface area contributed by atoms with Crippen molar-refractivity contribution in [1.29, 1.82) is 0 Å². The van der Waals surface area contributed by atoms with E-state index in [1.807, 2.05) is 24.3 Å². The highest BCUT2D eigenvalue weighted by Gasteiger charge is 2.21. The molecule has 0 spiro atoms. The van der Waals surface area contributed by atoms with Gasteiger partial charge in [0, 0.05) is 39.4 Å². The van der Waals surface area contributed by atoms with Crippen LogP contribution in [0, 0.1) is 0 Å². The zero-order valence-corrected chi connectivity index (χ0v) is 10.9. The maximum Gasteiger partial charge on any atom is 0.0439 e. The van der Waals surface area contributed by atoms with Crippen LogP contribution in [-0.2, 0) is 10.8 Å². The second kappa shape index (κ2) is 5.30. The molecule has 88 valence electrons. The molecule has 3 unspecified atom stereocenters. The van der Waals surface area contributed by atoms with Crippen LogP contribution in [0.25, 0.3) is 0 Å². The largest absolute Gasteiger partial charge is 0.307 e.